The summed E-state index contributed by atoms with van der Waals surface area (Å²) in [5.41, 5.74) is 0.125. The van der Waals surface area contributed by atoms with Crippen LogP contribution in [0.4, 0.5) is 0 Å². The lowest BCUT2D eigenvalue weighted by Crippen LogP contribution is -2.07. The summed E-state index contributed by atoms with van der Waals surface area (Å²) in [7, 11) is 0. The van der Waals surface area contributed by atoms with Crippen LogP contribution in [0, 0.1) is 3.57 Å². The van der Waals surface area contributed by atoms with Gasteiger partial charge in [0, 0.05) is 4.88 Å². The first-order chi connectivity index (χ1) is 8.29. The monoisotopic (exact) mass is 412 g/mol. The third-order valence-corrected chi connectivity index (χ3v) is 6.05. The van der Waals surface area contributed by atoms with Gasteiger partial charge in [-0.3, -0.25) is 0 Å². The fourth-order valence-electron chi connectivity index (χ4n) is 1.37. The molecule has 0 unspecified atom stereocenters. The summed E-state index contributed by atoms with van der Waals surface area (Å²) in [5.74, 6) is 0.589. The smallest absolute Gasteiger partial charge is 0.172 e. The van der Waals surface area contributed by atoms with E-state index in [1.165, 1.54) is 4.88 Å². The standard InChI is InChI=1S/C12H11Cl2IN2S/c1-12(2,3)7-5-4-6(18-7)11-16-9(13)8(15)10(14)17-11/h4-5H,1-3H3. The van der Waals surface area contributed by atoms with E-state index in [0.717, 1.165) is 4.88 Å². The quantitative estimate of drug-likeness (QED) is 0.462. The molecule has 0 N–H and O–H groups in total. The molecule has 2 aromatic rings. The molecule has 0 saturated heterocycles. The van der Waals surface area contributed by atoms with Crippen LogP contribution < -0.4 is 0 Å². The number of thiophene rings is 1. The van der Waals surface area contributed by atoms with Gasteiger partial charge in [-0.2, -0.15) is 0 Å². The van der Waals surface area contributed by atoms with Gasteiger partial charge >= 0.3 is 0 Å². The maximum absolute atomic E-state index is 6.03. The Kier molecular flexibility index (Phi) is 4.21. The molecule has 0 radical (unpaired) electrons. The molecule has 0 saturated carbocycles. The molecule has 0 spiro atoms. The van der Waals surface area contributed by atoms with Gasteiger partial charge in [-0.15, -0.1) is 11.3 Å². The van der Waals surface area contributed by atoms with Crippen LogP contribution >= 0.6 is 57.1 Å². The van der Waals surface area contributed by atoms with Crippen LogP contribution in [0.2, 0.25) is 10.3 Å². The van der Waals surface area contributed by atoms with Crippen molar-refractivity contribution in [1.82, 2.24) is 9.97 Å². The molecule has 6 heteroatoms. The molecule has 96 valence electrons. The molecule has 2 aromatic heterocycles. The zero-order chi connectivity index (χ0) is 13.5. The lowest BCUT2D eigenvalue weighted by atomic mass is 9.95. The Morgan fingerprint density at radius 1 is 1.11 bits per heavy atom. The van der Waals surface area contributed by atoms with Gasteiger partial charge in [0.05, 0.1) is 8.45 Å². The summed E-state index contributed by atoms with van der Waals surface area (Å²) < 4.78 is 0.687. The molecule has 2 nitrogen and oxygen atoms in total. The van der Waals surface area contributed by atoms with E-state index >= 15 is 0 Å². The largest absolute Gasteiger partial charge is 0.214 e. The van der Waals surface area contributed by atoms with Crippen molar-refractivity contribution in [1.29, 1.82) is 0 Å². The first-order valence-corrected chi connectivity index (χ1v) is 7.93. The SMILES string of the molecule is CC(C)(C)c1ccc(-c2nc(Cl)c(I)c(Cl)n2)s1. The summed E-state index contributed by atoms with van der Waals surface area (Å²) in [6, 6.07) is 4.11. The fourth-order valence-corrected chi connectivity index (χ4v) is 2.99. The summed E-state index contributed by atoms with van der Waals surface area (Å²) in [6.45, 7) is 6.53. The van der Waals surface area contributed by atoms with E-state index in [-0.39, 0.29) is 5.41 Å². The van der Waals surface area contributed by atoms with Crippen molar-refractivity contribution in [3.63, 3.8) is 0 Å². The molecule has 2 heterocycles. The number of rotatable bonds is 1. The van der Waals surface area contributed by atoms with Gasteiger partial charge < -0.3 is 0 Å². The van der Waals surface area contributed by atoms with Crippen molar-refractivity contribution in [2.24, 2.45) is 0 Å². The molecular weight excluding hydrogens is 402 g/mol. The third-order valence-electron chi connectivity index (χ3n) is 2.34. The summed E-state index contributed by atoms with van der Waals surface area (Å²) in [5, 5.41) is 0.799. The van der Waals surface area contributed by atoms with Gasteiger partial charge in [0.1, 0.15) is 10.3 Å². The molecule has 0 fully saturated rings. The summed E-state index contributed by atoms with van der Waals surface area (Å²) >= 11 is 15.8. The van der Waals surface area contributed by atoms with Gasteiger partial charge in [-0.25, -0.2) is 9.97 Å². The second-order valence-electron chi connectivity index (χ2n) is 4.86. The highest BCUT2D eigenvalue weighted by Crippen LogP contribution is 2.35. The van der Waals surface area contributed by atoms with Crippen LogP contribution in [-0.2, 0) is 5.41 Å². The molecule has 0 aliphatic carbocycles. The molecule has 18 heavy (non-hydrogen) atoms. The van der Waals surface area contributed by atoms with Crippen molar-refractivity contribution in [2.45, 2.75) is 26.2 Å². The highest BCUT2D eigenvalue weighted by Gasteiger charge is 2.18. The Hall–Kier alpha value is 0.0900. The predicted molar refractivity (Wildman–Crippen MR) is 86.8 cm³/mol. The van der Waals surface area contributed by atoms with Gasteiger partial charge in [-0.1, -0.05) is 44.0 Å². The molecular formula is C12H11Cl2IN2S. The number of halogens is 3. The van der Waals surface area contributed by atoms with E-state index in [9.17, 15) is 0 Å². The Morgan fingerprint density at radius 2 is 1.67 bits per heavy atom. The van der Waals surface area contributed by atoms with Crippen molar-refractivity contribution in [3.8, 4) is 10.7 Å². The van der Waals surface area contributed by atoms with E-state index in [1.54, 1.807) is 11.3 Å². The molecule has 2 rings (SSSR count). The second-order valence-corrected chi connectivity index (χ2v) is 7.74. The first-order valence-electron chi connectivity index (χ1n) is 5.28. The minimum atomic E-state index is 0.125. The molecule has 0 aliphatic heterocycles. The van der Waals surface area contributed by atoms with Gasteiger partial charge in [0.2, 0.25) is 0 Å². The first kappa shape index (κ1) is 14.5. The number of aromatic nitrogens is 2. The summed E-state index contributed by atoms with van der Waals surface area (Å²) in [6.07, 6.45) is 0. The third kappa shape index (κ3) is 2.98. The van der Waals surface area contributed by atoms with Crippen molar-refractivity contribution < 1.29 is 0 Å². The van der Waals surface area contributed by atoms with E-state index < -0.39 is 0 Å². The van der Waals surface area contributed by atoms with Crippen LogP contribution in [0.3, 0.4) is 0 Å². The Labute approximate surface area is 134 Å². The molecule has 0 aliphatic rings. The topological polar surface area (TPSA) is 25.8 Å². The predicted octanol–water partition coefficient (Wildman–Crippen LogP) is 5.41. The summed E-state index contributed by atoms with van der Waals surface area (Å²) in [4.78, 5) is 10.8. The van der Waals surface area contributed by atoms with Crippen LogP contribution in [0.5, 0.6) is 0 Å². The number of nitrogens with zero attached hydrogens (tertiary/aromatic N) is 2. The van der Waals surface area contributed by atoms with Crippen LogP contribution in [0.1, 0.15) is 25.6 Å². The lowest BCUT2D eigenvalue weighted by Gasteiger charge is -2.15. The fraction of sp³-hybridized carbons (Fsp3) is 0.333. The zero-order valence-corrected chi connectivity index (χ0v) is 14.6. The maximum atomic E-state index is 6.03. The van der Waals surface area contributed by atoms with Crippen molar-refractivity contribution in [3.05, 3.63) is 30.9 Å². The van der Waals surface area contributed by atoms with Crippen molar-refractivity contribution >= 4 is 57.1 Å². The van der Waals surface area contributed by atoms with Gasteiger partial charge in [0.25, 0.3) is 0 Å². The minimum Gasteiger partial charge on any atom is -0.214 e. The highest BCUT2D eigenvalue weighted by molar-refractivity contribution is 14.1. The van der Waals surface area contributed by atoms with Crippen LogP contribution in [0.25, 0.3) is 10.7 Å². The van der Waals surface area contributed by atoms with E-state index in [0.29, 0.717) is 19.7 Å². The average molecular weight is 413 g/mol. The Morgan fingerprint density at radius 3 is 2.11 bits per heavy atom. The highest BCUT2D eigenvalue weighted by atomic mass is 127. The van der Waals surface area contributed by atoms with E-state index in [2.05, 4.69) is 36.8 Å². The second kappa shape index (κ2) is 5.23. The molecule has 0 aromatic carbocycles. The van der Waals surface area contributed by atoms with Crippen molar-refractivity contribution in [2.75, 3.05) is 0 Å². The maximum Gasteiger partial charge on any atom is 0.172 e. The number of hydrogen-bond acceptors (Lipinski definition) is 3. The van der Waals surface area contributed by atoms with Gasteiger partial charge in [0.15, 0.2) is 5.82 Å². The average Bonchev–Trinajstić information content (AvgIpc) is 2.73. The van der Waals surface area contributed by atoms with E-state index in [1.807, 2.05) is 28.7 Å². The Balaban J connectivity index is 2.47. The van der Waals surface area contributed by atoms with Crippen LogP contribution in [0.15, 0.2) is 12.1 Å². The van der Waals surface area contributed by atoms with Crippen LogP contribution in [-0.4, -0.2) is 9.97 Å². The molecule has 0 bridgehead atoms. The molecule has 0 atom stereocenters. The zero-order valence-electron chi connectivity index (χ0n) is 10.1. The Bertz CT molecular complexity index is 567. The number of hydrogen-bond donors (Lipinski definition) is 0. The normalized spacial score (nSPS) is 11.9. The van der Waals surface area contributed by atoms with E-state index in [4.69, 9.17) is 23.2 Å². The minimum absolute atomic E-state index is 0.125. The van der Waals surface area contributed by atoms with Gasteiger partial charge in [-0.05, 0) is 40.1 Å². The lowest BCUT2D eigenvalue weighted by molar-refractivity contribution is 0.604. The molecule has 0 amide bonds.